The molecule has 4 heterocycles. The molecule has 0 radical (unpaired) electrons. The molecule has 2 aromatic heterocycles. The molecule has 0 aliphatic carbocycles. The van der Waals surface area contributed by atoms with Crippen LogP contribution in [-0.2, 0) is 11.2 Å². The SMILES string of the molecule is c1cncc(Oc2nc(N3CCOCC3)nc3c2CCN3)c1. The number of pyridine rings is 1. The minimum atomic E-state index is 0.615. The second-order valence-electron chi connectivity index (χ2n) is 5.22. The molecule has 0 spiro atoms. The lowest BCUT2D eigenvalue weighted by atomic mass is 10.2. The van der Waals surface area contributed by atoms with E-state index in [1.807, 2.05) is 12.1 Å². The summed E-state index contributed by atoms with van der Waals surface area (Å²) in [5.74, 6) is 2.86. The number of hydrogen-bond donors (Lipinski definition) is 1. The summed E-state index contributed by atoms with van der Waals surface area (Å²) in [5, 5.41) is 3.30. The van der Waals surface area contributed by atoms with E-state index in [-0.39, 0.29) is 0 Å². The van der Waals surface area contributed by atoms with Crippen LogP contribution >= 0.6 is 0 Å². The summed E-state index contributed by atoms with van der Waals surface area (Å²) in [6.45, 7) is 3.86. The minimum absolute atomic E-state index is 0.615. The van der Waals surface area contributed by atoms with Crippen molar-refractivity contribution in [2.24, 2.45) is 0 Å². The van der Waals surface area contributed by atoms with Crippen molar-refractivity contribution in [3.8, 4) is 11.6 Å². The van der Waals surface area contributed by atoms with E-state index < -0.39 is 0 Å². The first-order valence-electron chi connectivity index (χ1n) is 7.45. The van der Waals surface area contributed by atoms with Gasteiger partial charge in [-0.3, -0.25) is 4.98 Å². The number of rotatable bonds is 3. The summed E-state index contributed by atoms with van der Waals surface area (Å²) in [7, 11) is 0. The molecule has 4 rings (SSSR count). The Morgan fingerprint density at radius 1 is 1.23 bits per heavy atom. The summed E-state index contributed by atoms with van der Waals surface area (Å²) in [6, 6.07) is 3.72. The second kappa shape index (κ2) is 5.76. The van der Waals surface area contributed by atoms with Gasteiger partial charge in [0, 0.05) is 25.8 Å². The Kier molecular flexibility index (Phi) is 3.48. The Bertz CT molecular complexity index is 658. The van der Waals surface area contributed by atoms with Crippen LogP contribution in [0.4, 0.5) is 11.8 Å². The van der Waals surface area contributed by atoms with E-state index in [0.717, 1.165) is 37.4 Å². The number of ether oxygens (including phenoxy) is 2. The smallest absolute Gasteiger partial charge is 0.230 e. The van der Waals surface area contributed by atoms with Crippen LogP contribution < -0.4 is 15.0 Å². The first kappa shape index (κ1) is 13.3. The monoisotopic (exact) mass is 299 g/mol. The zero-order valence-electron chi connectivity index (χ0n) is 12.2. The van der Waals surface area contributed by atoms with Crippen LogP contribution in [0.5, 0.6) is 11.6 Å². The largest absolute Gasteiger partial charge is 0.437 e. The maximum absolute atomic E-state index is 5.94. The van der Waals surface area contributed by atoms with E-state index in [1.54, 1.807) is 12.4 Å². The number of fused-ring (bicyclic) bond motifs is 1. The Labute approximate surface area is 128 Å². The van der Waals surface area contributed by atoms with Crippen molar-refractivity contribution in [1.82, 2.24) is 15.0 Å². The highest BCUT2D eigenvalue weighted by Crippen LogP contribution is 2.33. The van der Waals surface area contributed by atoms with Crippen LogP contribution in [0, 0.1) is 0 Å². The molecule has 0 unspecified atom stereocenters. The normalized spacial score (nSPS) is 17.0. The molecule has 0 amide bonds. The number of morpholine rings is 1. The fraction of sp³-hybridized carbons (Fsp3) is 0.400. The van der Waals surface area contributed by atoms with E-state index in [0.29, 0.717) is 30.8 Å². The van der Waals surface area contributed by atoms with Crippen LogP contribution in [0.15, 0.2) is 24.5 Å². The van der Waals surface area contributed by atoms with Gasteiger partial charge in [-0.2, -0.15) is 9.97 Å². The topological polar surface area (TPSA) is 72.4 Å². The Morgan fingerprint density at radius 2 is 2.14 bits per heavy atom. The number of nitrogens with zero attached hydrogens (tertiary/aromatic N) is 4. The van der Waals surface area contributed by atoms with Crippen molar-refractivity contribution in [3.63, 3.8) is 0 Å². The molecule has 0 bridgehead atoms. The molecule has 2 aliphatic rings. The second-order valence-corrected chi connectivity index (χ2v) is 5.22. The number of anilines is 2. The summed E-state index contributed by atoms with van der Waals surface area (Å²) in [5.41, 5.74) is 1.03. The maximum Gasteiger partial charge on any atom is 0.230 e. The Morgan fingerprint density at radius 3 is 2.95 bits per heavy atom. The first-order valence-corrected chi connectivity index (χ1v) is 7.45. The van der Waals surface area contributed by atoms with Crippen molar-refractivity contribution in [2.45, 2.75) is 6.42 Å². The number of aromatic nitrogens is 3. The molecule has 114 valence electrons. The molecule has 0 aromatic carbocycles. The van der Waals surface area contributed by atoms with E-state index in [4.69, 9.17) is 9.47 Å². The average molecular weight is 299 g/mol. The highest BCUT2D eigenvalue weighted by Gasteiger charge is 2.23. The maximum atomic E-state index is 5.94. The third-order valence-electron chi connectivity index (χ3n) is 3.77. The average Bonchev–Trinajstić information content (AvgIpc) is 3.05. The quantitative estimate of drug-likeness (QED) is 0.920. The third kappa shape index (κ3) is 2.55. The van der Waals surface area contributed by atoms with Gasteiger partial charge in [-0.1, -0.05) is 0 Å². The number of nitrogens with one attached hydrogen (secondary N) is 1. The van der Waals surface area contributed by atoms with Gasteiger partial charge in [0.1, 0.15) is 11.6 Å². The predicted octanol–water partition coefficient (Wildman–Crippen LogP) is 1.47. The van der Waals surface area contributed by atoms with E-state index in [2.05, 4.69) is 25.2 Å². The predicted molar refractivity (Wildman–Crippen MR) is 81.6 cm³/mol. The standard InChI is InChI=1S/C15H17N5O2/c1-2-11(10-16-4-1)22-14-12-3-5-17-13(12)18-15(19-14)20-6-8-21-9-7-20/h1-2,4,10H,3,5-9H2,(H,17,18,19). The Hall–Kier alpha value is -2.41. The third-order valence-corrected chi connectivity index (χ3v) is 3.77. The van der Waals surface area contributed by atoms with Crippen molar-refractivity contribution in [1.29, 1.82) is 0 Å². The molecule has 22 heavy (non-hydrogen) atoms. The fourth-order valence-corrected chi connectivity index (χ4v) is 2.64. The van der Waals surface area contributed by atoms with Crippen LogP contribution in [0.3, 0.4) is 0 Å². The molecular weight excluding hydrogens is 282 g/mol. The van der Waals surface area contributed by atoms with Crippen LogP contribution in [0.1, 0.15) is 5.56 Å². The van der Waals surface area contributed by atoms with Gasteiger partial charge in [0.05, 0.1) is 25.0 Å². The summed E-state index contributed by atoms with van der Waals surface area (Å²) < 4.78 is 11.3. The molecule has 1 saturated heterocycles. The van der Waals surface area contributed by atoms with Gasteiger partial charge in [-0.25, -0.2) is 0 Å². The van der Waals surface area contributed by atoms with Crippen molar-refractivity contribution >= 4 is 11.8 Å². The van der Waals surface area contributed by atoms with Crippen molar-refractivity contribution in [2.75, 3.05) is 43.1 Å². The number of hydrogen-bond acceptors (Lipinski definition) is 7. The van der Waals surface area contributed by atoms with Gasteiger partial charge in [0.15, 0.2) is 0 Å². The Balaban J connectivity index is 1.68. The van der Waals surface area contributed by atoms with Gasteiger partial charge in [0.25, 0.3) is 0 Å². The molecule has 0 saturated carbocycles. The zero-order valence-corrected chi connectivity index (χ0v) is 12.2. The molecule has 1 fully saturated rings. The molecule has 7 heteroatoms. The highest BCUT2D eigenvalue weighted by molar-refractivity contribution is 5.58. The lowest BCUT2D eigenvalue weighted by Gasteiger charge is -2.27. The van der Waals surface area contributed by atoms with Crippen LogP contribution in [-0.4, -0.2) is 47.8 Å². The van der Waals surface area contributed by atoms with Crippen LogP contribution in [0.25, 0.3) is 0 Å². The fourth-order valence-electron chi connectivity index (χ4n) is 2.64. The lowest BCUT2D eigenvalue weighted by Crippen LogP contribution is -2.37. The highest BCUT2D eigenvalue weighted by atomic mass is 16.5. The van der Waals surface area contributed by atoms with Crippen molar-refractivity contribution < 1.29 is 9.47 Å². The molecule has 7 nitrogen and oxygen atoms in total. The summed E-state index contributed by atoms with van der Waals surface area (Å²) in [4.78, 5) is 15.5. The van der Waals surface area contributed by atoms with Gasteiger partial charge in [0.2, 0.25) is 11.8 Å². The molecule has 1 N–H and O–H groups in total. The summed E-state index contributed by atoms with van der Waals surface area (Å²) >= 11 is 0. The van der Waals surface area contributed by atoms with Gasteiger partial charge in [-0.15, -0.1) is 0 Å². The van der Waals surface area contributed by atoms with Gasteiger partial charge >= 0.3 is 0 Å². The van der Waals surface area contributed by atoms with E-state index in [1.165, 1.54) is 0 Å². The van der Waals surface area contributed by atoms with E-state index >= 15 is 0 Å². The van der Waals surface area contributed by atoms with Gasteiger partial charge < -0.3 is 19.7 Å². The van der Waals surface area contributed by atoms with Crippen LogP contribution in [0.2, 0.25) is 0 Å². The molecule has 2 aliphatic heterocycles. The molecular formula is C15H17N5O2. The van der Waals surface area contributed by atoms with Gasteiger partial charge in [-0.05, 0) is 18.6 Å². The minimum Gasteiger partial charge on any atom is -0.437 e. The molecule has 0 atom stereocenters. The van der Waals surface area contributed by atoms with Crippen molar-refractivity contribution in [3.05, 3.63) is 30.1 Å². The molecule has 2 aromatic rings. The van der Waals surface area contributed by atoms with E-state index in [9.17, 15) is 0 Å². The first-order chi connectivity index (χ1) is 10.9. The zero-order chi connectivity index (χ0) is 14.8. The lowest BCUT2D eigenvalue weighted by molar-refractivity contribution is 0.122. The summed E-state index contributed by atoms with van der Waals surface area (Å²) in [6.07, 6.45) is 4.28.